The van der Waals surface area contributed by atoms with Gasteiger partial charge in [0.1, 0.15) is 0 Å². The van der Waals surface area contributed by atoms with Gasteiger partial charge in [0.2, 0.25) is 0 Å². The second kappa shape index (κ2) is 5.09. The Morgan fingerprint density at radius 3 is 2.28 bits per heavy atom. The van der Waals surface area contributed by atoms with E-state index in [1.54, 1.807) is 25.3 Å². The van der Waals surface area contributed by atoms with Crippen molar-refractivity contribution in [1.29, 1.82) is 10.5 Å². The first-order chi connectivity index (χ1) is 8.30. The van der Waals surface area contributed by atoms with E-state index in [4.69, 9.17) is 10.5 Å². The summed E-state index contributed by atoms with van der Waals surface area (Å²) in [5.41, 5.74) is -0.885. The maximum absolute atomic E-state index is 12.2. The standard InChI is InChI=1S/C11H11F3N4/c1-9-4-17-18(5-9)8-10(6-15,7-16)2-3-11(12,13)14/h4-5H,2-3,8H2,1H3. The molecule has 7 heteroatoms. The van der Waals surface area contributed by atoms with Crippen molar-refractivity contribution in [3.63, 3.8) is 0 Å². The van der Waals surface area contributed by atoms with Crippen molar-refractivity contribution in [2.45, 2.75) is 32.5 Å². The minimum Gasteiger partial charge on any atom is -0.270 e. The van der Waals surface area contributed by atoms with Crippen molar-refractivity contribution >= 4 is 0 Å². The summed E-state index contributed by atoms with van der Waals surface area (Å²) >= 11 is 0. The molecule has 0 fully saturated rings. The van der Waals surface area contributed by atoms with E-state index in [0.29, 0.717) is 0 Å². The molecule has 0 radical (unpaired) electrons. The fourth-order valence-electron chi connectivity index (χ4n) is 1.47. The van der Waals surface area contributed by atoms with Crippen molar-refractivity contribution in [2.24, 2.45) is 5.41 Å². The largest absolute Gasteiger partial charge is 0.389 e. The summed E-state index contributed by atoms with van der Waals surface area (Å²) in [5, 5.41) is 21.8. The summed E-state index contributed by atoms with van der Waals surface area (Å²) in [6.45, 7) is 1.60. The van der Waals surface area contributed by atoms with Gasteiger partial charge in [-0.25, -0.2) is 0 Å². The van der Waals surface area contributed by atoms with Gasteiger partial charge in [-0.2, -0.15) is 28.8 Å². The first kappa shape index (κ1) is 14.0. The number of hydrogen-bond donors (Lipinski definition) is 0. The van der Waals surface area contributed by atoms with Crippen LogP contribution >= 0.6 is 0 Å². The summed E-state index contributed by atoms with van der Waals surface area (Å²) in [5.74, 6) is 0. The summed E-state index contributed by atoms with van der Waals surface area (Å²) in [7, 11) is 0. The Kier molecular flexibility index (Phi) is 3.97. The molecule has 1 aromatic rings. The van der Waals surface area contributed by atoms with Gasteiger partial charge in [-0.3, -0.25) is 4.68 Å². The molecule has 0 atom stereocenters. The highest BCUT2D eigenvalue weighted by molar-refractivity contribution is 5.14. The summed E-state index contributed by atoms with van der Waals surface area (Å²) < 4.78 is 37.8. The normalized spacial score (nSPS) is 11.9. The number of rotatable bonds is 4. The van der Waals surface area contributed by atoms with Crippen molar-refractivity contribution in [2.75, 3.05) is 0 Å². The molecule has 0 bridgehead atoms. The van der Waals surface area contributed by atoms with Gasteiger partial charge in [0, 0.05) is 12.6 Å². The van der Waals surface area contributed by atoms with Crippen molar-refractivity contribution in [3.05, 3.63) is 18.0 Å². The smallest absolute Gasteiger partial charge is 0.270 e. The first-order valence-corrected chi connectivity index (χ1v) is 5.18. The Morgan fingerprint density at radius 1 is 1.28 bits per heavy atom. The molecular weight excluding hydrogens is 245 g/mol. The molecule has 4 nitrogen and oxygen atoms in total. The van der Waals surface area contributed by atoms with Gasteiger partial charge in [-0.15, -0.1) is 0 Å². The zero-order valence-corrected chi connectivity index (χ0v) is 9.70. The average Bonchev–Trinajstić information content (AvgIpc) is 2.69. The van der Waals surface area contributed by atoms with Crippen LogP contribution in [-0.4, -0.2) is 16.0 Å². The van der Waals surface area contributed by atoms with E-state index in [2.05, 4.69) is 5.10 Å². The topological polar surface area (TPSA) is 65.4 Å². The lowest BCUT2D eigenvalue weighted by molar-refractivity contribution is -0.138. The van der Waals surface area contributed by atoms with E-state index in [1.807, 2.05) is 0 Å². The molecule has 96 valence electrons. The highest BCUT2D eigenvalue weighted by Crippen LogP contribution is 2.31. The lowest BCUT2D eigenvalue weighted by Crippen LogP contribution is -2.26. The molecule has 0 saturated carbocycles. The number of hydrogen-bond acceptors (Lipinski definition) is 3. The summed E-state index contributed by atoms with van der Waals surface area (Å²) in [6.07, 6.45) is -2.99. The average molecular weight is 256 g/mol. The predicted octanol–water partition coefficient (Wildman–Crippen LogP) is 2.57. The van der Waals surface area contributed by atoms with Gasteiger partial charge < -0.3 is 0 Å². The molecule has 0 aliphatic heterocycles. The highest BCUT2D eigenvalue weighted by atomic mass is 19.4. The van der Waals surface area contributed by atoms with Gasteiger partial charge in [0.15, 0.2) is 5.41 Å². The van der Waals surface area contributed by atoms with Crippen LogP contribution in [0.3, 0.4) is 0 Å². The fourth-order valence-corrected chi connectivity index (χ4v) is 1.47. The van der Waals surface area contributed by atoms with E-state index < -0.39 is 24.4 Å². The number of halogens is 3. The minimum absolute atomic E-state index is 0.163. The monoisotopic (exact) mass is 256 g/mol. The van der Waals surface area contributed by atoms with Crippen LogP contribution in [0.15, 0.2) is 12.4 Å². The van der Waals surface area contributed by atoms with E-state index >= 15 is 0 Å². The van der Waals surface area contributed by atoms with Crippen LogP contribution in [0.25, 0.3) is 0 Å². The van der Waals surface area contributed by atoms with Crippen LogP contribution in [0.1, 0.15) is 18.4 Å². The molecule has 1 heterocycles. The molecule has 0 aliphatic rings. The fraction of sp³-hybridized carbons (Fsp3) is 0.545. The molecule has 0 spiro atoms. The molecule has 0 aliphatic carbocycles. The maximum Gasteiger partial charge on any atom is 0.389 e. The van der Waals surface area contributed by atoms with Crippen molar-refractivity contribution in [3.8, 4) is 12.1 Å². The maximum atomic E-state index is 12.2. The SMILES string of the molecule is Cc1cnn(CC(C#N)(C#N)CCC(F)(F)F)c1. The number of aryl methyl sites for hydroxylation is 1. The van der Waals surface area contributed by atoms with Gasteiger partial charge in [0.05, 0.1) is 24.9 Å². The Morgan fingerprint density at radius 2 is 1.89 bits per heavy atom. The van der Waals surface area contributed by atoms with Crippen molar-refractivity contribution in [1.82, 2.24) is 9.78 Å². The molecule has 1 aromatic heterocycles. The van der Waals surface area contributed by atoms with Crippen molar-refractivity contribution < 1.29 is 13.2 Å². The van der Waals surface area contributed by atoms with Crippen LogP contribution in [-0.2, 0) is 6.54 Å². The molecule has 0 unspecified atom stereocenters. The van der Waals surface area contributed by atoms with E-state index in [-0.39, 0.29) is 6.54 Å². The predicted molar refractivity (Wildman–Crippen MR) is 55.9 cm³/mol. The first-order valence-electron chi connectivity index (χ1n) is 5.18. The lowest BCUT2D eigenvalue weighted by atomic mass is 9.86. The Hall–Kier alpha value is -2.02. The van der Waals surface area contributed by atoms with Gasteiger partial charge in [-0.05, 0) is 18.9 Å². The van der Waals surface area contributed by atoms with Gasteiger partial charge in [-0.1, -0.05) is 0 Å². The minimum atomic E-state index is -4.38. The Bertz CT molecular complexity index is 476. The molecule has 0 saturated heterocycles. The third kappa shape index (κ3) is 3.77. The van der Waals surface area contributed by atoms with E-state index in [0.717, 1.165) is 5.56 Å². The molecule has 0 aromatic carbocycles. The number of nitrogens with zero attached hydrogens (tertiary/aromatic N) is 4. The number of aromatic nitrogens is 2. The number of alkyl halides is 3. The van der Waals surface area contributed by atoms with E-state index in [1.165, 1.54) is 10.9 Å². The molecule has 0 N–H and O–H groups in total. The van der Waals surface area contributed by atoms with Gasteiger partial charge >= 0.3 is 6.18 Å². The third-order valence-electron chi connectivity index (χ3n) is 2.46. The van der Waals surface area contributed by atoms with Crippen LogP contribution < -0.4 is 0 Å². The highest BCUT2D eigenvalue weighted by Gasteiger charge is 2.37. The second-order valence-corrected chi connectivity index (χ2v) is 4.14. The lowest BCUT2D eigenvalue weighted by Gasteiger charge is -2.19. The van der Waals surface area contributed by atoms with Crippen LogP contribution in [0, 0.1) is 35.0 Å². The zero-order valence-electron chi connectivity index (χ0n) is 9.70. The van der Waals surface area contributed by atoms with Crippen LogP contribution in [0.5, 0.6) is 0 Å². The van der Waals surface area contributed by atoms with E-state index in [9.17, 15) is 13.2 Å². The number of nitriles is 2. The van der Waals surface area contributed by atoms with Crippen LogP contribution in [0.4, 0.5) is 13.2 Å². The van der Waals surface area contributed by atoms with Gasteiger partial charge in [0.25, 0.3) is 0 Å². The summed E-state index contributed by atoms with van der Waals surface area (Å²) in [4.78, 5) is 0. The third-order valence-corrected chi connectivity index (χ3v) is 2.46. The Balaban J connectivity index is 2.82. The summed E-state index contributed by atoms with van der Waals surface area (Å²) in [6, 6.07) is 3.35. The molecule has 1 rings (SSSR count). The Labute approximate surface area is 102 Å². The second-order valence-electron chi connectivity index (χ2n) is 4.14. The molecule has 18 heavy (non-hydrogen) atoms. The zero-order chi connectivity index (χ0) is 13.8. The molecule has 0 amide bonds. The molecular formula is C11H11F3N4. The van der Waals surface area contributed by atoms with Crippen LogP contribution in [0.2, 0.25) is 0 Å². The quantitative estimate of drug-likeness (QED) is 0.831.